The molecule has 0 saturated heterocycles. The lowest BCUT2D eigenvalue weighted by Crippen LogP contribution is -2.18. The molecular weight excluding hydrogens is 274 g/mol. The van der Waals surface area contributed by atoms with Crippen LogP contribution in [0.1, 0.15) is 17.2 Å². The van der Waals surface area contributed by atoms with Crippen LogP contribution in [-0.2, 0) is 0 Å². The molecule has 1 aromatic carbocycles. The van der Waals surface area contributed by atoms with E-state index in [9.17, 15) is 5.11 Å². The van der Waals surface area contributed by atoms with Crippen molar-refractivity contribution in [1.82, 2.24) is 0 Å². The fourth-order valence-electron chi connectivity index (χ4n) is 1.72. The Labute approximate surface area is 102 Å². The Morgan fingerprint density at radius 3 is 2.88 bits per heavy atom. The summed E-state index contributed by atoms with van der Waals surface area (Å²) in [6, 6.07) is 1.78. The third-order valence-corrected chi connectivity index (χ3v) is 3.66. The molecule has 4 nitrogen and oxygen atoms in total. The molecule has 1 atom stereocenters. The second-order valence-corrected chi connectivity index (χ2v) is 4.47. The second kappa shape index (κ2) is 4.61. The summed E-state index contributed by atoms with van der Waals surface area (Å²) in [5.41, 5.74) is 7.13. The summed E-state index contributed by atoms with van der Waals surface area (Å²) in [5.74, 6) is 1.42. The van der Waals surface area contributed by atoms with Crippen molar-refractivity contribution in [2.45, 2.75) is 13.0 Å². The highest BCUT2D eigenvalue weighted by Gasteiger charge is 2.21. The number of hydrogen-bond donors (Lipinski definition) is 2. The molecule has 1 aliphatic rings. The molecule has 5 heteroatoms. The van der Waals surface area contributed by atoms with E-state index in [1.807, 2.05) is 6.92 Å². The highest BCUT2D eigenvalue weighted by Crippen LogP contribution is 2.41. The fraction of sp³-hybridized carbons (Fsp3) is 0.455. The molecular formula is C11H14BrNO3. The van der Waals surface area contributed by atoms with Crippen LogP contribution >= 0.6 is 15.9 Å². The van der Waals surface area contributed by atoms with E-state index in [0.29, 0.717) is 19.0 Å². The van der Waals surface area contributed by atoms with Gasteiger partial charge in [0.25, 0.3) is 0 Å². The number of nitrogens with two attached hydrogens (primary N) is 1. The molecule has 0 aliphatic carbocycles. The van der Waals surface area contributed by atoms with Gasteiger partial charge in [-0.05, 0) is 28.9 Å². The molecule has 0 fully saturated rings. The maximum atomic E-state index is 9.78. The van der Waals surface area contributed by atoms with Crippen molar-refractivity contribution in [3.05, 3.63) is 21.7 Å². The van der Waals surface area contributed by atoms with Crippen molar-refractivity contribution in [2.75, 3.05) is 19.8 Å². The van der Waals surface area contributed by atoms with Crippen molar-refractivity contribution in [3.63, 3.8) is 0 Å². The van der Waals surface area contributed by atoms with Gasteiger partial charge in [0, 0.05) is 22.1 Å². The number of hydrogen-bond acceptors (Lipinski definition) is 4. The molecule has 88 valence electrons. The molecule has 0 radical (unpaired) electrons. The lowest BCUT2D eigenvalue weighted by atomic mass is 10.0. The molecule has 1 unspecified atom stereocenters. The van der Waals surface area contributed by atoms with E-state index in [-0.39, 0.29) is 6.54 Å². The summed E-state index contributed by atoms with van der Waals surface area (Å²) in [6.45, 7) is 3.19. The monoisotopic (exact) mass is 287 g/mol. The van der Waals surface area contributed by atoms with Crippen LogP contribution in [0.5, 0.6) is 11.5 Å². The minimum Gasteiger partial charge on any atom is -0.486 e. The highest BCUT2D eigenvalue weighted by atomic mass is 79.9. The molecule has 3 N–H and O–H groups in total. The van der Waals surface area contributed by atoms with Gasteiger partial charge >= 0.3 is 0 Å². The summed E-state index contributed by atoms with van der Waals surface area (Å²) in [4.78, 5) is 0. The van der Waals surface area contributed by atoms with E-state index in [2.05, 4.69) is 15.9 Å². The Kier molecular flexibility index (Phi) is 3.37. The second-order valence-electron chi connectivity index (χ2n) is 3.68. The van der Waals surface area contributed by atoms with E-state index in [4.69, 9.17) is 15.2 Å². The van der Waals surface area contributed by atoms with Crippen LogP contribution in [0.2, 0.25) is 0 Å². The van der Waals surface area contributed by atoms with Crippen LogP contribution in [0.15, 0.2) is 10.5 Å². The summed E-state index contributed by atoms with van der Waals surface area (Å²) in [5, 5.41) is 9.78. The summed E-state index contributed by atoms with van der Waals surface area (Å²) >= 11 is 3.45. The SMILES string of the molecule is Cc1c(Br)c(C(O)CN)cc2c1OCCO2. The summed E-state index contributed by atoms with van der Waals surface area (Å²) < 4.78 is 11.9. The zero-order chi connectivity index (χ0) is 11.7. The van der Waals surface area contributed by atoms with Gasteiger partial charge in [0.2, 0.25) is 0 Å². The van der Waals surface area contributed by atoms with Crippen molar-refractivity contribution in [2.24, 2.45) is 5.73 Å². The number of aliphatic hydroxyl groups is 1. The van der Waals surface area contributed by atoms with Crippen LogP contribution < -0.4 is 15.2 Å². The third kappa shape index (κ3) is 1.90. The fourth-order valence-corrected chi connectivity index (χ4v) is 2.28. The number of halogens is 1. The lowest BCUT2D eigenvalue weighted by molar-refractivity contribution is 0.165. The van der Waals surface area contributed by atoms with E-state index >= 15 is 0 Å². The largest absolute Gasteiger partial charge is 0.486 e. The van der Waals surface area contributed by atoms with Gasteiger partial charge in [0.05, 0.1) is 6.10 Å². The van der Waals surface area contributed by atoms with Crippen molar-refractivity contribution in [3.8, 4) is 11.5 Å². The van der Waals surface area contributed by atoms with Gasteiger partial charge in [-0.1, -0.05) is 0 Å². The standard InChI is InChI=1S/C11H14BrNO3/c1-6-10(12)7(8(14)5-13)4-9-11(6)16-3-2-15-9/h4,8,14H,2-3,5,13H2,1H3. The Morgan fingerprint density at radius 1 is 1.50 bits per heavy atom. The predicted octanol–water partition coefficient (Wildman–Crippen LogP) is 1.52. The number of aliphatic hydroxyl groups excluding tert-OH is 1. The molecule has 0 spiro atoms. The minimum absolute atomic E-state index is 0.178. The highest BCUT2D eigenvalue weighted by molar-refractivity contribution is 9.10. The van der Waals surface area contributed by atoms with Gasteiger partial charge < -0.3 is 20.3 Å². The smallest absolute Gasteiger partial charge is 0.165 e. The quantitative estimate of drug-likeness (QED) is 0.866. The Hall–Kier alpha value is -0.780. The Balaban J connectivity index is 2.52. The van der Waals surface area contributed by atoms with E-state index in [1.54, 1.807) is 6.07 Å². The molecule has 1 heterocycles. The van der Waals surface area contributed by atoms with Gasteiger partial charge in [0.1, 0.15) is 13.2 Å². The lowest BCUT2D eigenvalue weighted by Gasteiger charge is -2.23. The first-order chi connectivity index (χ1) is 7.65. The number of benzene rings is 1. The average Bonchev–Trinajstić information content (AvgIpc) is 2.33. The molecule has 0 aromatic heterocycles. The van der Waals surface area contributed by atoms with Crippen LogP contribution in [0.4, 0.5) is 0 Å². The first-order valence-corrected chi connectivity index (χ1v) is 5.91. The minimum atomic E-state index is -0.691. The topological polar surface area (TPSA) is 64.7 Å². The normalized spacial score (nSPS) is 16.0. The molecule has 1 aliphatic heterocycles. The van der Waals surface area contributed by atoms with E-state index < -0.39 is 6.10 Å². The molecule has 1 aromatic rings. The molecule has 16 heavy (non-hydrogen) atoms. The summed E-state index contributed by atoms with van der Waals surface area (Å²) in [6.07, 6.45) is -0.691. The van der Waals surface area contributed by atoms with E-state index in [1.165, 1.54) is 0 Å². The van der Waals surface area contributed by atoms with Crippen LogP contribution in [0, 0.1) is 6.92 Å². The van der Waals surface area contributed by atoms with Crippen LogP contribution in [0.3, 0.4) is 0 Å². The zero-order valence-electron chi connectivity index (χ0n) is 9.00. The zero-order valence-corrected chi connectivity index (χ0v) is 10.6. The van der Waals surface area contributed by atoms with Gasteiger partial charge in [-0.2, -0.15) is 0 Å². The number of rotatable bonds is 2. The molecule has 0 bridgehead atoms. The molecule has 0 saturated carbocycles. The van der Waals surface area contributed by atoms with Crippen LogP contribution in [0.25, 0.3) is 0 Å². The van der Waals surface area contributed by atoms with Crippen molar-refractivity contribution < 1.29 is 14.6 Å². The molecule has 2 rings (SSSR count). The molecule has 0 amide bonds. The first kappa shape index (κ1) is 11.7. The Bertz CT molecular complexity index is 409. The first-order valence-electron chi connectivity index (χ1n) is 5.12. The van der Waals surface area contributed by atoms with Crippen molar-refractivity contribution in [1.29, 1.82) is 0 Å². The van der Waals surface area contributed by atoms with Gasteiger partial charge in [0.15, 0.2) is 11.5 Å². The van der Waals surface area contributed by atoms with Gasteiger partial charge in [-0.3, -0.25) is 0 Å². The summed E-state index contributed by atoms with van der Waals surface area (Å²) in [7, 11) is 0. The van der Waals surface area contributed by atoms with Gasteiger partial charge in [-0.15, -0.1) is 0 Å². The Morgan fingerprint density at radius 2 is 2.19 bits per heavy atom. The van der Waals surface area contributed by atoms with Crippen LogP contribution in [-0.4, -0.2) is 24.9 Å². The number of fused-ring (bicyclic) bond motifs is 1. The van der Waals surface area contributed by atoms with Crippen molar-refractivity contribution >= 4 is 15.9 Å². The van der Waals surface area contributed by atoms with E-state index in [0.717, 1.165) is 21.3 Å². The average molecular weight is 288 g/mol. The maximum absolute atomic E-state index is 9.78. The number of ether oxygens (including phenoxy) is 2. The van der Waals surface area contributed by atoms with Gasteiger partial charge in [-0.25, -0.2) is 0 Å². The maximum Gasteiger partial charge on any atom is 0.165 e. The predicted molar refractivity (Wildman–Crippen MR) is 63.9 cm³/mol. The third-order valence-electron chi connectivity index (χ3n) is 2.60.